The van der Waals surface area contributed by atoms with Gasteiger partial charge < -0.3 is 0 Å². The smallest absolute Gasteiger partial charge is 0.0713 e. The van der Waals surface area contributed by atoms with E-state index in [1.165, 1.54) is 88.0 Å². The van der Waals surface area contributed by atoms with Gasteiger partial charge in [0.15, 0.2) is 0 Å². The van der Waals surface area contributed by atoms with Gasteiger partial charge in [-0.15, -0.1) is 0 Å². The molecule has 0 radical (unpaired) electrons. The fourth-order valence-electron chi connectivity index (χ4n) is 9.11. The van der Waals surface area contributed by atoms with Crippen LogP contribution in [0.1, 0.15) is 33.4 Å². The molecule has 0 N–H and O–H groups in total. The third-order valence-electron chi connectivity index (χ3n) is 11.2. The zero-order valence-electron chi connectivity index (χ0n) is 28.8. The Balaban J connectivity index is 1.18. The Kier molecular flexibility index (Phi) is 7.22. The third kappa shape index (κ3) is 4.54. The number of fused-ring (bicyclic) bond motifs is 7. The standard InChI is InChI=1S/C52H36/c1-4-19-38(20-5-1)50-44-29-13-12-28-42(44)43(45-35-34-36-18-10-11-27-41(36)51(45)50)31-16-21-37-22-17-33-48-49(37)46-30-14-15-32-47(46)52(48,39-23-6-2-7-24-39)40-25-8-3-9-26-40/h1-20,22-35H,21H2/b31-16+. The van der Waals surface area contributed by atoms with Gasteiger partial charge in [0, 0.05) is 0 Å². The average Bonchev–Trinajstić information content (AvgIpc) is 3.53. The van der Waals surface area contributed by atoms with Gasteiger partial charge in [0.1, 0.15) is 0 Å². The van der Waals surface area contributed by atoms with E-state index in [1.54, 1.807) is 0 Å². The lowest BCUT2D eigenvalue weighted by Crippen LogP contribution is -2.28. The first kappa shape index (κ1) is 30.3. The molecule has 0 atom stereocenters. The van der Waals surface area contributed by atoms with Crippen molar-refractivity contribution in [2.24, 2.45) is 0 Å². The van der Waals surface area contributed by atoms with Crippen LogP contribution in [-0.2, 0) is 11.8 Å². The Morgan fingerprint density at radius 1 is 0.404 bits per heavy atom. The van der Waals surface area contributed by atoms with Crippen LogP contribution in [0.3, 0.4) is 0 Å². The van der Waals surface area contributed by atoms with Gasteiger partial charge in [-0.3, -0.25) is 0 Å². The summed E-state index contributed by atoms with van der Waals surface area (Å²) in [5, 5.41) is 7.69. The maximum atomic E-state index is 2.39. The molecular weight excluding hydrogens is 625 g/mol. The summed E-state index contributed by atoms with van der Waals surface area (Å²) in [7, 11) is 0. The van der Waals surface area contributed by atoms with Crippen LogP contribution in [0.4, 0.5) is 0 Å². The molecule has 0 amide bonds. The Morgan fingerprint density at radius 3 is 1.75 bits per heavy atom. The van der Waals surface area contributed by atoms with Crippen molar-refractivity contribution in [3.63, 3.8) is 0 Å². The summed E-state index contributed by atoms with van der Waals surface area (Å²) in [6, 6.07) is 71.4. The molecule has 10 rings (SSSR count). The van der Waals surface area contributed by atoms with Crippen LogP contribution in [0.5, 0.6) is 0 Å². The molecule has 1 aliphatic rings. The molecule has 0 saturated heterocycles. The molecule has 244 valence electrons. The van der Waals surface area contributed by atoms with E-state index in [0.717, 1.165) is 6.42 Å². The van der Waals surface area contributed by atoms with E-state index in [-0.39, 0.29) is 0 Å². The highest BCUT2D eigenvalue weighted by Gasteiger charge is 2.46. The van der Waals surface area contributed by atoms with E-state index >= 15 is 0 Å². The summed E-state index contributed by atoms with van der Waals surface area (Å²) >= 11 is 0. The predicted molar refractivity (Wildman–Crippen MR) is 221 cm³/mol. The molecule has 0 unspecified atom stereocenters. The highest BCUT2D eigenvalue weighted by molar-refractivity contribution is 6.25. The molecule has 0 bridgehead atoms. The van der Waals surface area contributed by atoms with Crippen LogP contribution in [0.25, 0.3) is 60.6 Å². The van der Waals surface area contributed by atoms with Crippen molar-refractivity contribution in [1.82, 2.24) is 0 Å². The van der Waals surface area contributed by atoms with Crippen LogP contribution in [0.2, 0.25) is 0 Å². The fraction of sp³-hybridized carbons (Fsp3) is 0.0385. The van der Waals surface area contributed by atoms with Crippen LogP contribution in [0, 0.1) is 0 Å². The minimum Gasteiger partial charge on any atom is -0.0795 e. The summed E-state index contributed by atoms with van der Waals surface area (Å²) in [6.45, 7) is 0. The van der Waals surface area contributed by atoms with Gasteiger partial charge in [-0.2, -0.15) is 0 Å². The third-order valence-corrected chi connectivity index (χ3v) is 11.2. The van der Waals surface area contributed by atoms with Gasteiger partial charge >= 0.3 is 0 Å². The molecule has 9 aromatic rings. The van der Waals surface area contributed by atoms with Gasteiger partial charge in [0.05, 0.1) is 5.41 Å². The minimum absolute atomic E-state index is 0.394. The normalized spacial score (nSPS) is 13.2. The lowest BCUT2D eigenvalue weighted by molar-refractivity contribution is 0.768. The summed E-state index contributed by atoms with van der Waals surface area (Å²) in [4.78, 5) is 0. The second-order valence-corrected chi connectivity index (χ2v) is 13.9. The van der Waals surface area contributed by atoms with Crippen LogP contribution >= 0.6 is 0 Å². The Morgan fingerprint density at radius 2 is 1.00 bits per heavy atom. The molecule has 0 heterocycles. The van der Waals surface area contributed by atoms with Crippen LogP contribution in [0.15, 0.2) is 200 Å². The Bertz CT molecular complexity index is 2750. The second kappa shape index (κ2) is 12.4. The molecular formula is C52H36. The number of hydrogen-bond acceptors (Lipinski definition) is 0. The lowest BCUT2D eigenvalue weighted by atomic mass is 9.67. The van der Waals surface area contributed by atoms with Crippen molar-refractivity contribution in [1.29, 1.82) is 0 Å². The number of hydrogen-bond donors (Lipinski definition) is 0. The van der Waals surface area contributed by atoms with E-state index in [2.05, 4.69) is 206 Å². The topological polar surface area (TPSA) is 0 Å². The average molecular weight is 661 g/mol. The second-order valence-electron chi connectivity index (χ2n) is 13.9. The number of rotatable bonds is 6. The first-order chi connectivity index (χ1) is 25.8. The van der Waals surface area contributed by atoms with Crippen molar-refractivity contribution >= 4 is 38.4 Å². The summed E-state index contributed by atoms with van der Waals surface area (Å²) < 4.78 is 0. The summed E-state index contributed by atoms with van der Waals surface area (Å²) in [6.07, 6.45) is 5.60. The van der Waals surface area contributed by atoms with Crippen molar-refractivity contribution in [2.75, 3.05) is 0 Å². The molecule has 0 aromatic heterocycles. The van der Waals surface area contributed by atoms with Gasteiger partial charge in [-0.25, -0.2) is 0 Å². The van der Waals surface area contributed by atoms with Crippen molar-refractivity contribution < 1.29 is 0 Å². The molecule has 0 nitrogen and oxygen atoms in total. The Hall–Kier alpha value is -6.50. The first-order valence-corrected chi connectivity index (χ1v) is 18.3. The highest BCUT2D eigenvalue weighted by Crippen LogP contribution is 2.57. The molecule has 0 saturated carbocycles. The molecule has 1 aliphatic carbocycles. The maximum Gasteiger partial charge on any atom is 0.0713 e. The van der Waals surface area contributed by atoms with E-state index in [0.29, 0.717) is 0 Å². The zero-order chi connectivity index (χ0) is 34.5. The van der Waals surface area contributed by atoms with Crippen LogP contribution in [-0.4, -0.2) is 0 Å². The summed E-state index contributed by atoms with van der Waals surface area (Å²) in [5.41, 5.74) is 12.7. The quantitative estimate of drug-likeness (QED) is 0.123. The molecule has 9 aromatic carbocycles. The monoisotopic (exact) mass is 660 g/mol. The fourth-order valence-corrected chi connectivity index (χ4v) is 9.11. The molecule has 0 heteroatoms. The number of benzene rings is 9. The largest absolute Gasteiger partial charge is 0.0795 e. The van der Waals surface area contributed by atoms with Crippen molar-refractivity contribution in [3.05, 3.63) is 234 Å². The van der Waals surface area contributed by atoms with E-state index in [4.69, 9.17) is 0 Å². The summed E-state index contributed by atoms with van der Waals surface area (Å²) in [5.74, 6) is 0. The van der Waals surface area contributed by atoms with E-state index in [9.17, 15) is 0 Å². The van der Waals surface area contributed by atoms with Crippen molar-refractivity contribution in [2.45, 2.75) is 11.8 Å². The zero-order valence-corrected chi connectivity index (χ0v) is 28.8. The van der Waals surface area contributed by atoms with Gasteiger partial charge in [-0.1, -0.05) is 206 Å². The van der Waals surface area contributed by atoms with E-state index < -0.39 is 5.41 Å². The van der Waals surface area contributed by atoms with Gasteiger partial charge in [0.2, 0.25) is 0 Å². The van der Waals surface area contributed by atoms with Crippen LogP contribution < -0.4 is 0 Å². The van der Waals surface area contributed by atoms with Gasteiger partial charge in [-0.05, 0) is 94.4 Å². The van der Waals surface area contributed by atoms with Gasteiger partial charge in [0.25, 0.3) is 0 Å². The van der Waals surface area contributed by atoms with Crippen molar-refractivity contribution in [3.8, 4) is 22.3 Å². The Labute approximate surface area is 305 Å². The predicted octanol–water partition coefficient (Wildman–Crippen LogP) is 13.4. The molecule has 0 aliphatic heterocycles. The first-order valence-electron chi connectivity index (χ1n) is 18.3. The molecule has 0 fully saturated rings. The lowest BCUT2D eigenvalue weighted by Gasteiger charge is -2.33. The maximum absolute atomic E-state index is 2.39. The number of allylic oxidation sites excluding steroid dienone is 1. The SMILES string of the molecule is C(=C\c1c2ccccc2c(-c2ccccc2)c2c1ccc1ccccc12)/Cc1cccc2c1-c1ccccc1C2(c1ccccc1)c1ccccc1. The molecule has 0 spiro atoms. The molecule has 52 heavy (non-hydrogen) atoms. The van der Waals surface area contributed by atoms with E-state index in [1.807, 2.05) is 0 Å². The highest BCUT2D eigenvalue weighted by atomic mass is 14.5. The minimum atomic E-state index is -0.394.